The fourth-order valence-corrected chi connectivity index (χ4v) is 2.79. The van der Waals surface area contributed by atoms with Gasteiger partial charge < -0.3 is 4.74 Å². The molecule has 1 heterocycles. The third-order valence-corrected chi connectivity index (χ3v) is 3.68. The molecule has 0 amide bonds. The molecule has 3 atom stereocenters. The topological polar surface area (TPSA) is 12.5 Å². The molecule has 1 saturated heterocycles. The molecule has 1 aliphatic carbocycles. The van der Waals surface area contributed by atoms with Crippen molar-refractivity contribution in [3.8, 4) is 0 Å². The van der Waals surface area contributed by atoms with Crippen LogP contribution in [0, 0.1) is 5.92 Å². The maximum Gasteiger partial charge on any atom is 0.0618 e. The first-order valence-corrected chi connectivity index (χ1v) is 5.56. The Morgan fingerprint density at radius 2 is 2.15 bits per heavy atom. The number of hydrogen-bond acceptors (Lipinski definition) is 2. The van der Waals surface area contributed by atoms with E-state index in [9.17, 15) is 0 Å². The van der Waals surface area contributed by atoms with E-state index >= 15 is 0 Å². The van der Waals surface area contributed by atoms with Crippen LogP contribution in [0.1, 0.15) is 32.6 Å². The average Bonchev–Trinajstić information content (AvgIpc) is 2.45. The van der Waals surface area contributed by atoms with Crippen LogP contribution in [0.3, 0.4) is 0 Å². The van der Waals surface area contributed by atoms with Crippen molar-refractivity contribution in [1.29, 1.82) is 0 Å². The second-order valence-corrected chi connectivity index (χ2v) is 4.71. The van der Waals surface area contributed by atoms with Gasteiger partial charge in [-0.05, 0) is 31.6 Å². The molecule has 0 bridgehead atoms. The normalized spacial score (nSPS) is 40.6. The Morgan fingerprint density at radius 1 is 1.31 bits per heavy atom. The molecular formula is C11H21NO. The summed E-state index contributed by atoms with van der Waals surface area (Å²) in [5, 5.41) is 0. The monoisotopic (exact) mass is 183 g/mol. The first-order valence-electron chi connectivity index (χ1n) is 5.56. The third-order valence-electron chi connectivity index (χ3n) is 3.68. The smallest absolute Gasteiger partial charge is 0.0618 e. The Hall–Kier alpha value is -0.0800. The largest absolute Gasteiger partial charge is 0.383 e. The maximum absolute atomic E-state index is 5.22. The van der Waals surface area contributed by atoms with Gasteiger partial charge in [0.05, 0.1) is 6.61 Å². The number of hydrogen-bond donors (Lipinski definition) is 0. The molecule has 0 aromatic carbocycles. The zero-order chi connectivity index (χ0) is 9.26. The summed E-state index contributed by atoms with van der Waals surface area (Å²) in [6, 6.07) is 1.61. The van der Waals surface area contributed by atoms with E-state index in [1.54, 1.807) is 0 Å². The van der Waals surface area contributed by atoms with Crippen molar-refractivity contribution >= 4 is 0 Å². The Kier molecular flexibility index (Phi) is 2.89. The third kappa shape index (κ3) is 1.89. The van der Waals surface area contributed by atoms with Crippen LogP contribution in [0.4, 0.5) is 0 Å². The quantitative estimate of drug-likeness (QED) is 0.662. The molecule has 0 radical (unpaired) electrons. The zero-order valence-corrected chi connectivity index (χ0v) is 8.83. The van der Waals surface area contributed by atoms with Gasteiger partial charge in [-0.2, -0.15) is 0 Å². The molecule has 0 spiro atoms. The molecule has 2 fully saturated rings. The Bertz CT molecular complexity index is 171. The highest BCUT2D eigenvalue weighted by atomic mass is 16.5. The Balaban J connectivity index is 1.80. The first kappa shape index (κ1) is 9.47. The van der Waals surface area contributed by atoms with Gasteiger partial charge in [-0.25, -0.2) is 0 Å². The molecule has 3 unspecified atom stereocenters. The minimum atomic E-state index is 0.736. The van der Waals surface area contributed by atoms with Crippen LogP contribution in [0.15, 0.2) is 0 Å². The fraction of sp³-hybridized carbons (Fsp3) is 1.00. The van der Waals surface area contributed by atoms with Crippen LogP contribution < -0.4 is 0 Å². The van der Waals surface area contributed by atoms with E-state index in [2.05, 4.69) is 11.8 Å². The van der Waals surface area contributed by atoms with Crippen LogP contribution in [0.25, 0.3) is 0 Å². The number of rotatable bonds is 3. The van der Waals surface area contributed by atoms with E-state index in [1.165, 1.54) is 32.2 Å². The summed E-state index contributed by atoms with van der Waals surface area (Å²) in [6.45, 7) is 4.63. The second-order valence-electron chi connectivity index (χ2n) is 4.71. The minimum absolute atomic E-state index is 0.736. The summed E-state index contributed by atoms with van der Waals surface area (Å²) in [4.78, 5) is 2.66. The molecule has 2 nitrogen and oxygen atoms in total. The predicted molar refractivity (Wildman–Crippen MR) is 53.8 cm³/mol. The van der Waals surface area contributed by atoms with E-state index in [1.807, 2.05) is 7.11 Å². The van der Waals surface area contributed by atoms with Crippen LogP contribution in [-0.4, -0.2) is 37.2 Å². The SMILES string of the molecule is COCC1CCN1C1CCC(C)C1. The molecule has 13 heavy (non-hydrogen) atoms. The second kappa shape index (κ2) is 3.97. The first-order chi connectivity index (χ1) is 6.31. The van der Waals surface area contributed by atoms with Gasteiger partial charge in [-0.1, -0.05) is 6.92 Å². The van der Waals surface area contributed by atoms with Gasteiger partial charge >= 0.3 is 0 Å². The van der Waals surface area contributed by atoms with E-state index in [0.29, 0.717) is 0 Å². The van der Waals surface area contributed by atoms with Crippen molar-refractivity contribution in [1.82, 2.24) is 4.90 Å². The summed E-state index contributed by atoms with van der Waals surface area (Å²) in [7, 11) is 1.81. The number of methoxy groups -OCH3 is 1. The van der Waals surface area contributed by atoms with Crippen molar-refractivity contribution in [2.75, 3.05) is 20.3 Å². The molecule has 76 valence electrons. The van der Waals surface area contributed by atoms with Crippen molar-refractivity contribution in [3.63, 3.8) is 0 Å². The summed E-state index contributed by atoms with van der Waals surface area (Å²) in [5.74, 6) is 0.953. The molecular weight excluding hydrogens is 162 g/mol. The van der Waals surface area contributed by atoms with Gasteiger partial charge in [0.25, 0.3) is 0 Å². The van der Waals surface area contributed by atoms with E-state index < -0.39 is 0 Å². The van der Waals surface area contributed by atoms with Crippen LogP contribution in [-0.2, 0) is 4.74 Å². The highest BCUT2D eigenvalue weighted by molar-refractivity contribution is 4.91. The molecule has 1 saturated carbocycles. The lowest BCUT2D eigenvalue weighted by atomic mass is 9.99. The molecule has 2 heteroatoms. The van der Waals surface area contributed by atoms with E-state index in [0.717, 1.165) is 24.6 Å². The highest BCUT2D eigenvalue weighted by Gasteiger charge is 2.36. The molecule has 0 aromatic heterocycles. The van der Waals surface area contributed by atoms with Crippen molar-refractivity contribution < 1.29 is 4.74 Å². The van der Waals surface area contributed by atoms with Crippen molar-refractivity contribution in [3.05, 3.63) is 0 Å². The highest BCUT2D eigenvalue weighted by Crippen LogP contribution is 2.33. The summed E-state index contributed by atoms with van der Waals surface area (Å²) in [5.41, 5.74) is 0. The number of ether oxygens (including phenoxy) is 1. The van der Waals surface area contributed by atoms with E-state index in [-0.39, 0.29) is 0 Å². The van der Waals surface area contributed by atoms with Crippen LogP contribution >= 0.6 is 0 Å². The minimum Gasteiger partial charge on any atom is -0.383 e. The number of nitrogens with zero attached hydrogens (tertiary/aromatic N) is 1. The molecule has 0 aromatic rings. The van der Waals surface area contributed by atoms with Crippen LogP contribution in [0.2, 0.25) is 0 Å². The van der Waals surface area contributed by atoms with Gasteiger partial charge in [-0.3, -0.25) is 4.90 Å². The standard InChI is InChI=1S/C11H21NO/c1-9-3-4-10(7-9)12-6-5-11(12)8-13-2/h9-11H,3-8H2,1-2H3. The molecule has 0 N–H and O–H groups in total. The number of likely N-dealkylation sites (tertiary alicyclic amines) is 1. The fourth-order valence-electron chi connectivity index (χ4n) is 2.79. The summed E-state index contributed by atoms with van der Waals surface area (Å²) < 4.78 is 5.22. The van der Waals surface area contributed by atoms with Crippen LogP contribution in [0.5, 0.6) is 0 Å². The van der Waals surface area contributed by atoms with Gasteiger partial charge in [0.15, 0.2) is 0 Å². The predicted octanol–water partition coefficient (Wildman–Crippen LogP) is 1.90. The van der Waals surface area contributed by atoms with Gasteiger partial charge in [-0.15, -0.1) is 0 Å². The zero-order valence-electron chi connectivity index (χ0n) is 8.83. The average molecular weight is 183 g/mol. The summed E-state index contributed by atoms with van der Waals surface area (Å²) >= 11 is 0. The lowest BCUT2D eigenvalue weighted by Crippen LogP contribution is -2.54. The van der Waals surface area contributed by atoms with Crippen molar-refractivity contribution in [2.45, 2.75) is 44.7 Å². The maximum atomic E-state index is 5.22. The Labute approximate surface area is 81.3 Å². The Morgan fingerprint density at radius 3 is 2.62 bits per heavy atom. The van der Waals surface area contributed by atoms with Gasteiger partial charge in [0.1, 0.15) is 0 Å². The lowest BCUT2D eigenvalue weighted by molar-refractivity contribution is -0.00695. The van der Waals surface area contributed by atoms with Gasteiger partial charge in [0, 0.05) is 25.7 Å². The van der Waals surface area contributed by atoms with E-state index in [4.69, 9.17) is 4.74 Å². The summed E-state index contributed by atoms with van der Waals surface area (Å²) in [6.07, 6.45) is 5.61. The van der Waals surface area contributed by atoms with Crippen molar-refractivity contribution in [2.24, 2.45) is 5.92 Å². The lowest BCUT2D eigenvalue weighted by Gasteiger charge is -2.44. The molecule has 1 aliphatic heterocycles. The molecule has 2 rings (SSSR count). The molecule has 2 aliphatic rings. The van der Waals surface area contributed by atoms with Gasteiger partial charge in [0.2, 0.25) is 0 Å².